The van der Waals surface area contributed by atoms with Crippen LogP contribution in [0, 0.1) is 5.92 Å². The van der Waals surface area contributed by atoms with Crippen molar-refractivity contribution in [2.45, 2.75) is 25.8 Å². The van der Waals surface area contributed by atoms with E-state index in [-0.39, 0.29) is 30.3 Å². The summed E-state index contributed by atoms with van der Waals surface area (Å²) in [4.78, 5) is 12.1. The van der Waals surface area contributed by atoms with Gasteiger partial charge in [-0.05, 0) is 44.0 Å². The molecule has 2 N–H and O–H groups in total. The molecule has 1 saturated heterocycles. The van der Waals surface area contributed by atoms with Gasteiger partial charge in [0, 0.05) is 11.6 Å². The Morgan fingerprint density at radius 1 is 1.53 bits per heavy atom. The number of rotatable bonds is 3. The van der Waals surface area contributed by atoms with Gasteiger partial charge in [0.1, 0.15) is 0 Å². The summed E-state index contributed by atoms with van der Waals surface area (Å²) in [5.74, 6) is 0.232. The molecule has 1 aliphatic rings. The predicted octanol–water partition coefficient (Wildman–Crippen LogP) is 2.94. The Morgan fingerprint density at radius 3 is 2.95 bits per heavy atom. The minimum atomic E-state index is -0.00173. The van der Waals surface area contributed by atoms with Gasteiger partial charge in [-0.3, -0.25) is 4.79 Å². The molecule has 19 heavy (non-hydrogen) atoms. The molecule has 1 heterocycles. The van der Waals surface area contributed by atoms with Crippen LogP contribution in [-0.2, 0) is 4.79 Å². The Morgan fingerprint density at radius 2 is 2.32 bits per heavy atom. The van der Waals surface area contributed by atoms with Gasteiger partial charge in [-0.2, -0.15) is 0 Å². The Kier molecular flexibility index (Phi) is 6.63. The Hall–Kier alpha value is -0.770. The zero-order valence-corrected chi connectivity index (χ0v) is 12.6. The van der Waals surface area contributed by atoms with Gasteiger partial charge in [0.05, 0.1) is 12.0 Å². The molecule has 1 aromatic carbocycles. The number of halogens is 2. The lowest BCUT2D eigenvalue weighted by molar-refractivity contribution is -0.126. The highest BCUT2D eigenvalue weighted by Gasteiger charge is 2.22. The van der Waals surface area contributed by atoms with Crippen LogP contribution in [0.25, 0.3) is 0 Å². The summed E-state index contributed by atoms with van der Waals surface area (Å²) in [6.45, 7) is 3.79. The molecule has 0 bridgehead atoms. The van der Waals surface area contributed by atoms with Gasteiger partial charge in [-0.25, -0.2) is 0 Å². The van der Waals surface area contributed by atoms with E-state index in [4.69, 9.17) is 11.6 Å². The van der Waals surface area contributed by atoms with E-state index < -0.39 is 0 Å². The van der Waals surface area contributed by atoms with E-state index in [1.807, 2.05) is 31.2 Å². The maximum Gasteiger partial charge on any atom is 0.224 e. The third-order valence-electron chi connectivity index (χ3n) is 3.38. The van der Waals surface area contributed by atoms with Crippen LogP contribution < -0.4 is 10.6 Å². The number of nitrogens with one attached hydrogen (secondary N) is 2. The second-order valence-corrected chi connectivity index (χ2v) is 5.26. The Balaban J connectivity index is 0.00000180. The molecule has 5 heteroatoms. The summed E-state index contributed by atoms with van der Waals surface area (Å²) in [5, 5.41) is 7.01. The van der Waals surface area contributed by atoms with Crippen LogP contribution in [0.1, 0.15) is 31.4 Å². The van der Waals surface area contributed by atoms with Gasteiger partial charge in [-0.15, -0.1) is 12.4 Å². The molecule has 3 nitrogen and oxygen atoms in total. The molecule has 1 aliphatic heterocycles. The molecule has 2 rings (SSSR count). The SMILES string of the molecule is C[C@@H](NC(=O)[C@@H]1CCCNC1)c1cccc(Cl)c1.Cl. The molecule has 2 atom stereocenters. The van der Waals surface area contributed by atoms with Crippen molar-refractivity contribution < 1.29 is 4.79 Å². The van der Waals surface area contributed by atoms with Crippen molar-refractivity contribution in [1.82, 2.24) is 10.6 Å². The first kappa shape index (κ1) is 16.3. The maximum atomic E-state index is 12.1. The van der Waals surface area contributed by atoms with E-state index in [9.17, 15) is 4.79 Å². The fourth-order valence-corrected chi connectivity index (χ4v) is 2.46. The molecule has 106 valence electrons. The van der Waals surface area contributed by atoms with E-state index in [0.717, 1.165) is 31.5 Å². The van der Waals surface area contributed by atoms with Crippen molar-refractivity contribution in [3.8, 4) is 0 Å². The number of hydrogen-bond donors (Lipinski definition) is 2. The molecular formula is C14H20Cl2N2O. The van der Waals surface area contributed by atoms with Gasteiger partial charge in [0.15, 0.2) is 0 Å². The molecule has 1 amide bonds. The standard InChI is InChI=1S/C14H19ClN2O.ClH/c1-10(11-4-2-6-13(15)8-11)17-14(18)12-5-3-7-16-9-12;/h2,4,6,8,10,12,16H,3,5,7,9H2,1H3,(H,17,18);1H/t10-,12-;/m1./s1. The van der Waals surface area contributed by atoms with Crippen molar-refractivity contribution in [3.05, 3.63) is 34.9 Å². The van der Waals surface area contributed by atoms with Gasteiger partial charge in [0.25, 0.3) is 0 Å². The highest BCUT2D eigenvalue weighted by molar-refractivity contribution is 6.30. The van der Waals surface area contributed by atoms with E-state index >= 15 is 0 Å². The summed E-state index contributed by atoms with van der Waals surface area (Å²) in [6, 6.07) is 7.62. The second-order valence-electron chi connectivity index (χ2n) is 4.83. The average Bonchev–Trinajstić information content (AvgIpc) is 2.39. The fourth-order valence-electron chi connectivity index (χ4n) is 2.27. The van der Waals surface area contributed by atoms with Crippen molar-refractivity contribution in [3.63, 3.8) is 0 Å². The van der Waals surface area contributed by atoms with Gasteiger partial charge >= 0.3 is 0 Å². The average molecular weight is 303 g/mol. The first-order chi connectivity index (χ1) is 8.66. The number of carbonyl (C=O) groups excluding carboxylic acids is 1. The molecular weight excluding hydrogens is 283 g/mol. The number of benzene rings is 1. The van der Waals surface area contributed by atoms with E-state index in [1.54, 1.807) is 0 Å². The fraction of sp³-hybridized carbons (Fsp3) is 0.500. The summed E-state index contributed by atoms with van der Waals surface area (Å²) in [7, 11) is 0. The second kappa shape index (κ2) is 7.73. The highest BCUT2D eigenvalue weighted by Crippen LogP contribution is 2.18. The van der Waals surface area contributed by atoms with E-state index in [0.29, 0.717) is 5.02 Å². The molecule has 0 saturated carbocycles. The number of hydrogen-bond acceptors (Lipinski definition) is 2. The monoisotopic (exact) mass is 302 g/mol. The van der Waals surface area contributed by atoms with Crippen molar-refractivity contribution in [2.75, 3.05) is 13.1 Å². The topological polar surface area (TPSA) is 41.1 Å². The van der Waals surface area contributed by atoms with Crippen molar-refractivity contribution in [1.29, 1.82) is 0 Å². The third kappa shape index (κ3) is 4.68. The lowest BCUT2D eigenvalue weighted by Gasteiger charge is -2.24. The normalized spacial score (nSPS) is 20.2. The van der Waals surface area contributed by atoms with Crippen LogP contribution in [0.3, 0.4) is 0 Å². The molecule has 0 aliphatic carbocycles. The summed E-state index contributed by atoms with van der Waals surface area (Å²) in [5.41, 5.74) is 1.04. The quantitative estimate of drug-likeness (QED) is 0.901. The van der Waals surface area contributed by atoms with Gasteiger partial charge < -0.3 is 10.6 Å². The largest absolute Gasteiger partial charge is 0.349 e. The lowest BCUT2D eigenvalue weighted by Crippen LogP contribution is -2.41. The predicted molar refractivity (Wildman–Crippen MR) is 80.9 cm³/mol. The first-order valence-corrected chi connectivity index (χ1v) is 6.81. The number of piperidine rings is 1. The molecule has 1 aromatic rings. The molecule has 0 unspecified atom stereocenters. The summed E-state index contributed by atoms with van der Waals surface area (Å²) >= 11 is 5.95. The molecule has 0 spiro atoms. The van der Waals surface area contributed by atoms with Gasteiger partial charge in [0.2, 0.25) is 5.91 Å². The molecule has 0 aromatic heterocycles. The van der Waals surface area contributed by atoms with E-state index in [1.165, 1.54) is 0 Å². The van der Waals surface area contributed by atoms with Crippen LogP contribution in [0.2, 0.25) is 5.02 Å². The number of amides is 1. The molecule has 1 fully saturated rings. The summed E-state index contributed by atoms with van der Waals surface area (Å²) < 4.78 is 0. The van der Waals surface area contributed by atoms with E-state index in [2.05, 4.69) is 10.6 Å². The van der Waals surface area contributed by atoms with Crippen molar-refractivity contribution >= 4 is 29.9 Å². The highest BCUT2D eigenvalue weighted by atomic mass is 35.5. The zero-order valence-electron chi connectivity index (χ0n) is 11.0. The van der Waals surface area contributed by atoms with Crippen LogP contribution in [0.4, 0.5) is 0 Å². The van der Waals surface area contributed by atoms with Crippen LogP contribution in [0.5, 0.6) is 0 Å². The third-order valence-corrected chi connectivity index (χ3v) is 3.61. The smallest absolute Gasteiger partial charge is 0.224 e. The maximum absolute atomic E-state index is 12.1. The Labute approximate surface area is 125 Å². The summed E-state index contributed by atoms with van der Waals surface area (Å²) in [6.07, 6.45) is 2.05. The first-order valence-electron chi connectivity index (χ1n) is 6.43. The Bertz CT molecular complexity index is 420. The minimum absolute atomic E-state index is 0. The lowest BCUT2D eigenvalue weighted by atomic mass is 9.98. The van der Waals surface area contributed by atoms with Crippen LogP contribution in [-0.4, -0.2) is 19.0 Å². The molecule has 0 radical (unpaired) electrons. The van der Waals surface area contributed by atoms with Crippen LogP contribution >= 0.6 is 24.0 Å². The minimum Gasteiger partial charge on any atom is -0.349 e. The van der Waals surface area contributed by atoms with Crippen LogP contribution in [0.15, 0.2) is 24.3 Å². The van der Waals surface area contributed by atoms with Gasteiger partial charge in [-0.1, -0.05) is 23.7 Å². The van der Waals surface area contributed by atoms with Crippen molar-refractivity contribution in [2.24, 2.45) is 5.92 Å². The number of carbonyl (C=O) groups is 1. The zero-order chi connectivity index (χ0) is 13.0.